The first-order valence-corrected chi connectivity index (χ1v) is 25.7. The second-order valence-corrected chi connectivity index (χ2v) is 21.3. The number of rotatable bonds is 8. The number of fused-ring (bicyclic) bond motifs is 3. The molecule has 10 unspecified atom stereocenters. The van der Waals surface area contributed by atoms with Crippen molar-refractivity contribution in [3.05, 3.63) is 129 Å². The Hall–Kier alpha value is -3.10. The minimum absolute atomic E-state index is 0.266. The number of ether oxygens (including phenoxy) is 1. The van der Waals surface area contributed by atoms with Crippen LogP contribution in [0.3, 0.4) is 0 Å². The molecule has 0 aromatic heterocycles. The van der Waals surface area contributed by atoms with E-state index in [1.165, 1.54) is 167 Å². The maximum atomic E-state index is 6.96. The van der Waals surface area contributed by atoms with E-state index in [9.17, 15) is 0 Å². The van der Waals surface area contributed by atoms with Crippen molar-refractivity contribution in [2.75, 3.05) is 0 Å². The fourth-order valence-corrected chi connectivity index (χ4v) is 14.6. The van der Waals surface area contributed by atoms with Crippen LogP contribution >= 0.6 is 0 Å². The van der Waals surface area contributed by atoms with Crippen molar-refractivity contribution in [1.82, 2.24) is 4.90 Å². The standard InChI is InChI=1S/C58H75NO/c1-4-13-40(14-5-1)49-36-50(41-15-6-2-7-16-41)38-53(37-49)59(51-30-25-43(26-31-51)47-24-23-42-17-10-11-20-46(42)35-47)52-32-27-44(28-33-52)48-29-34-57-56(39-48)55-22-12-21-54(58(55)60-57)45-18-8-3-9-19-45/h1,3-4,8,15,21,25,29,32,34,36,38-40,44-45,47,51,53,55-58H,2,5-7,9-14,16-20,22-24,26-28,30-31,33,35,37H2. The lowest BCUT2D eigenvalue weighted by molar-refractivity contribution is 0.0667. The molecule has 2 heteroatoms. The van der Waals surface area contributed by atoms with Crippen LogP contribution < -0.4 is 0 Å². The zero-order valence-corrected chi connectivity index (χ0v) is 37.0. The third kappa shape index (κ3) is 8.15. The van der Waals surface area contributed by atoms with Crippen LogP contribution in [-0.4, -0.2) is 29.2 Å². The van der Waals surface area contributed by atoms with Gasteiger partial charge in [0.15, 0.2) is 0 Å². The molecule has 0 bridgehead atoms. The van der Waals surface area contributed by atoms with Gasteiger partial charge in [-0.1, -0.05) is 101 Å². The maximum absolute atomic E-state index is 6.96. The monoisotopic (exact) mass is 802 g/mol. The van der Waals surface area contributed by atoms with Gasteiger partial charge < -0.3 is 9.64 Å². The minimum atomic E-state index is 0.266. The van der Waals surface area contributed by atoms with Crippen molar-refractivity contribution in [2.45, 2.75) is 191 Å². The van der Waals surface area contributed by atoms with Gasteiger partial charge in [0.2, 0.25) is 0 Å². The highest BCUT2D eigenvalue weighted by Crippen LogP contribution is 2.50. The Morgan fingerprint density at radius 3 is 2.20 bits per heavy atom. The molecule has 0 radical (unpaired) electrons. The second-order valence-electron chi connectivity index (χ2n) is 21.3. The Kier molecular flexibility index (Phi) is 11.9. The molecule has 1 saturated heterocycles. The smallest absolute Gasteiger partial charge is 0.0833 e. The van der Waals surface area contributed by atoms with Crippen LogP contribution in [-0.2, 0) is 4.74 Å². The highest BCUT2D eigenvalue weighted by molar-refractivity contribution is 5.47. The zero-order valence-electron chi connectivity index (χ0n) is 37.0. The molecular formula is C58H75NO. The van der Waals surface area contributed by atoms with Crippen LogP contribution in [0.15, 0.2) is 129 Å². The van der Waals surface area contributed by atoms with Crippen molar-refractivity contribution in [3.8, 4) is 0 Å². The molecule has 0 aromatic carbocycles. The summed E-state index contributed by atoms with van der Waals surface area (Å²) in [6, 6.07) is 1.07. The summed E-state index contributed by atoms with van der Waals surface area (Å²) in [6.45, 7) is 0. The predicted molar refractivity (Wildman–Crippen MR) is 250 cm³/mol. The minimum Gasteiger partial charge on any atom is -0.366 e. The molecule has 11 aliphatic rings. The van der Waals surface area contributed by atoms with Crippen LogP contribution in [0.4, 0.5) is 0 Å². The number of hydrogen-bond acceptors (Lipinski definition) is 2. The van der Waals surface area contributed by atoms with E-state index < -0.39 is 0 Å². The van der Waals surface area contributed by atoms with Gasteiger partial charge in [-0.15, -0.1) is 0 Å². The van der Waals surface area contributed by atoms with Crippen LogP contribution in [0.5, 0.6) is 0 Å². The molecule has 1 heterocycles. The molecule has 2 nitrogen and oxygen atoms in total. The normalized spacial score (nSPS) is 38.0. The highest BCUT2D eigenvalue weighted by atomic mass is 16.5. The summed E-state index contributed by atoms with van der Waals surface area (Å²) in [5.41, 5.74) is 15.5. The Balaban J connectivity index is 0.853. The van der Waals surface area contributed by atoms with E-state index >= 15 is 0 Å². The number of nitrogens with zero attached hydrogens (tertiary/aromatic N) is 1. The van der Waals surface area contributed by atoms with Gasteiger partial charge >= 0.3 is 0 Å². The Morgan fingerprint density at radius 1 is 0.567 bits per heavy atom. The maximum Gasteiger partial charge on any atom is 0.0833 e. The topological polar surface area (TPSA) is 12.5 Å². The Morgan fingerprint density at radius 2 is 1.42 bits per heavy atom. The van der Waals surface area contributed by atoms with Crippen molar-refractivity contribution < 1.29 is 4.74 Å². The molecule has 1 aliphatic heterocycles. The molecule has 0 amide bonds. The average Bonchev–Trinajstić information content (AvgIpc) is 3.71. The summed E-state index contributed by atoms with van der Waals surface area (Å²) in [6.07, 6.45) is 68.2. The summed E-state index contributed by atoms with van der Waals surface area (Å²) in [4.78, 5) is 3.06. The largest absolute Gasteiger partial charge is 0.366 e. The molecule has 0 N–H and O–H groups in total. The van der Waals surface area contributed by atoms with E-state index in [4.69, 9.17) is 4.74 Å². The van der Waals surface area contributed by atoms with Gasteiger partial charge in [-0.2, -0.15) is 0 Å². The first-order valence-electron chi connectivity index (χ1n) is 25.7. The van der Waals surface area contributed by atoms with Crippen LogP contribution in [0, 0.1) is 35.5 Å². The molecule has 318 valence electrons. The lowest BCUT2D eigenvalue weighted by Gasteiger charge is -2.46. The predicted octanol–water partition coefficient (Wildman–Crippen LogP) is 15.2. The van der Waals surface area contributed by atoms with Gasteiger partial charge in [-0.25, -0.2) is 0 Å². The van der Waals surface area contributed by atoms with E-state index in [0.717, 1.165) is 5.92 Å². The summed E-state index contributed by atoms with van der Waals surface area (Å²) >= 11 is 0. The van der Waals surface area contributed by atoms with E-state index in [1.807, 2.05) is 16.7 Å². The average molecular weight is 802 g/mol. The molecular weight excluding hydrogens is 727 g/mol. The van der Waals surface area contributed by atoms with Gasteiger partial charge in [0.05, 0.1) is 18.2 Å². The third-order valence-corrected chi connectivity index (χ3v) is 17.9. The fourth-order valence-electron chi connectivity index (χ4n) is 14.6. The van der Waals surface area contributed by atoms with Crippen molar-refractivity contribution in [2.24, 2.45) is 35.5 Å². The fraction of sp³-hybridized carbons (Fsp3) is 0.621. The summed E-state index contributed by atoms with van der Waals surface area (Å²) in [5.74, 6) is 4.06. The van der Waals surface area contributed by atoms with Gasteiger partial charge in [-0.05, 0) is 219 Å². The first-order chi connectivity index (χ1) is 29.7. The van der Waals surface area contributed by atoms with Gasteiger partial charge in [-0.3, -0.25) is 0 Å². The lowest BCUT2D eigenvalue weighted by Crippen LogP contribution is -2.44. The summed E-state index contributed by atoms with van der Waals surface area (Å²) < 4.78 is 6.96. The zero-order chi connectivity index (χ0) is 39.8. The third-order valence-electron chi connectivity index (χ3n) is 17.9. The molecule has 0 aromatic rings. The van der Waals surface area contributed by atoms with E-state index in [1.54, 1.807) is 33.6 Å². The van der Waals surface area contributed by atoms with E-state index in [0.29, 0.717) is 47.8 Å². The van der Waals surface area contributed by atoms with Crippen molar-refractivity contribution in [1.29, 1.82) is 0 Å². The van der Waals surface area contributed by atoms with Gasteiger partial charge in [0.25, 0.3) is 0 Å². The lowest BCUT2D eigenvalue weighted by atomic mass is 9.71. The molecule has 1 fully saturated rings. The first kappa shape index (κ1) is 39.7. The molecule has 11 rings (SSSR count). The molecule has 0 spiro atoms. The molecule has 0 saturated carbocycles. The molecule has 10 aliphatic carbocycles. The number of allylic oxidation sites excluding steroid dienone is 16. The summed E-state index contributed by atoms with van der Waals surface area (Å²) in [7, 11) is 0. The van der Waals surface area contributed by atoms with Crippen LogP contribution in [0.1, 0.15) is 167 Å². The van der Waals surface area contributed by atoms with Crippen LogP contribution in [0.2, 0.25) is 0 Å². The highest BCUT2D eigenvalue weighted by Gasteiger charge is 2.47. The van der Waals surface area contributed by atoms with Gasteiger partial charge in [0.1, 0.15) is 0 Å². The Bertz CT molecular complexity index is 1980. The SMILES string of the molecule is C1=CCC(C2=CC(C3=CCCCC3)=CC(N(C3=CCC(C4=CC5C(C=C4)OC4C(C6CC=CCC6)=CCCC45)CC3)C3CC=C(C4CCC5=C(CCCC5)C4)CC3)C2)CC1. The van der Waals surface area contributed by atoms with Crippen molar-refractivity contribution in [3.63, 3.8) is 0 Å². The van der Waals surface area contributed by atoms with Crippen molar-refractivity contribution >= 4 is 0 Å². The molecule has 10 atom stereocenters. The van der Waals surface area contributed by atoms with E-state index in [2.05, 4.69) is 83.9 Å². The number of hydrogen-bond donors (Lipinski definition) is 0. The second kappa shape index (κ2) is 17.9. The van der Waals surface area contributed by atoms with Crippen LogP contribution in [0.25, 0.3) is 0 Å². The quantitative estimate of drug-likeness (QED) is 0.227. The van der Waals surface area contributed by atoms with Gasteiger partial charge in [0, 0.05) is 17.7 Å². The molecule has 60 heavy (non-hydrogen) atoms. The van der Waals surface area contributed by atoms with E-state index in [-0.39, 0.29) is 6.10 Å². The Labute approximate surface area is 364 Å². The summed E-state index contributed by atoms with van der Waals surface area (Å²) in [5, 5.41) is 0.